The van der Waals surface area contributed by atoms with Gasteiger partial charge in [-0.15, -0.1) is 0 Å². The maximum Gasteiger partial charge on any atom is 0.407 e. The van der Waals surface area contributed by atoms with Gasteiger partial charge >= 0.3 is 6.09 Å². The van der Waals surface area contributed by atoms with Crippen LogP contribution in [0.25, 0.3) is 33.4 Å². The first-order valence-corrected chi connectivity index (χ1v) is 46.9. The highest BCUT2D eigenvalue weighted by atomic mass is 79.9. The van der Waals surface area contributed by atoms with Crippen molar-refractivity contribution in [3.05, 3.63) is 104 Å². The molecule has 0 heterocycles. The molecule has 0 radical (unpaired) electrons. The summed E-state index contributed by atoms with van der Waals surface area (Å²) in [4.78, 5) is 213. The average Bonchev–Trinajstić information content (AvgIpc) is 1.49. The molecule has 4 aromatic carbocycles. The minimum atomic E-state index is -0.579. The van der Waals surface area contributed by atoms with Crippen molar-refractivity contribution in [1.29, 1.82) is 0 Å². The van der Waals surface area contributed by atoms with Crippen molar-refractivity contribution in [3.63, 3.8) is 0 Å². The van der Waals surface area contributed by atoms with E-state index in [1.807, 2.05) is 20.8 Å². The maximum atomic E-state index is 12.5. The Bertz CT molecular complexity index is 3440. The van der Waals surface area contributed by atoms with Crippen LogP contribution >= 0.6 is 31.9 Å². The number of benzene rings is 4. The lowest BCUT2D eigenvalue weighted by Crippen LogP contribution is -2.33. The molecule has 0 aromatic heterocycles. The summed E-state index contributed by atoms with van der Waals surface area (Å²) in [6.07, 6.45) is 5.17. The number of rotatable bonds is 100. The molecule has 0 saturated heterocycles. The molecule has 1 amide bonds. The van der Waals surface area contributed by atoms with Crippen LogP contribution in [0.4, 0.5) is 4.79 Å². The van der Waals surface area contributed by atoms with E-state index in [0.717, 1.165) is 65.0 Å². The third-order valence-corrected chi connectivity index (χ3v) is 19.2. The van der Waals surface area contributed by atoms with Crippen molar-refractivity contribution >= 4 is 38.0 Å². The molecule has 0 spiro atoms. The fourth-order valence-corrected chi connectivity index (χ4v) is 13.3. The lowest BCUT2D eigenvalue weighted by atomic mass is 9.71. The Labute approximate surface area is 814 Å². The van der Waals surface area contributed by atoms with Crippen molar-refractivity contribution in [2.24, 2.45) is 0 Å². The van der Waals surface area contributed by atoms with Crippen LogP contribution in [0.2, 0.25) is 0 Å². The Kier molecular flexibility index (Phi) is 73.0. The predicted molar refractivity (Wildman–Crippen MR) is 475 cm³/mol. The summed E-state index contributed by atoms with van der Waals surface area (Å²) in [7, 11) is 3.13. The van der Waals surface area contributed by atoms with Crippen LogP contribution in [0.5, 0.6) is 0 Å². The monoisotopic (exact) mass is 2100 g/mol. The zero-order chi connectivity index (χ0) is 97.2. The Morgan fingerprint density at radius 3 is 0.723 bits per heavy atom. The number of carbonyl (C=O) groups is 1. The molecule has 1 atom stereocenters. The van der Waals surface area contributed by atoms with E-state index in [0.29, 0.717) is 59.4 Å². The quantitative estimate of drug-likeness (QED) is 0.0244. The van der Waals surface area contributed by atoms with E-state index in [1.54, 1.807) is 14.2 Å². The summed E-state index contributed by atoms with van der Waals surface area (Å²) in [5.41, 5.74) is 10.8. The van der Waals surface area contributed by atoms with Crippen LogP contribution in [-0.2, 0) is 230 Å². The number of nitrogens with one attached hydrogen (secondary N) is 1. The molecule has 137 heavy (non-hydrogen) atoms. The van der Waals surface area contributed by atoms with Gasteiger partial charge in [0, 0.05) is 53.8 Å². The number of unbranched alkanes of at least 4 members (excludes halogenated alkanes) is 1. The van der Waals surface area contributed by atoms with Crippen molar-refractivity contribution in [2.75, 3.05) is 325 Å². The number of amides is 1. The lowest BCUT2D eigenvalue weighted by molar-refractivity contribution is -0.379. The third-order valence-electron chi connectivity index (χ3n) is 18.2. The van der Waals surface area contributed by atoms with Gasteiger partial charge in [-0.25, -0.2) is 200 Å². The average molecular weight is 2110 g/mol. The number of methoxy groups -OCH3 is 2. The second-order valence-electron chi connectivity index (χ2n) is 29.5. The summed E-state index contributed by atoms with van der Waals surface area (Å²) in [5, 5.41) is 2.94. The Morgan fingerprint density at radius 2 is 0.467 bits per heavy atom. The number of ether oxygens (including phenoxy) is 5. The molecule has 1 N–H and O–H groups in total. The Balaban J connectivity index is 0.787. The first-order valence-electron chi connectivity index (χ1n) is 45.3. The van der Waals surface area contributed by atoms with Crippen LogP contribution in [-0.4, -0.2) is 336 Å². The van der Waals surface area contributed by atoms with Crippen LogP contribution < -0.4 is 5.32 Å². The van der Waals surface area contributed by atoms with E-state index in [9.17, 15) is 4.79 Å². The number of halogens is 2. The lowest BCUT2D eigenvalue weighted by Gasteiger charge is -2.33. The van der Waals surface area contributed by atoms with Crippen molar-refractivity contribution in [1.82, 2.24) is 5.32 Å². The number of alkyl carbamates (subject to hydrolysis) is 1. The fourth-order valence-electron chi connectivity index (χ4n) is 12.6. The second-order valence-corrected chi connectivity index (χ2v) is 31.3. The van der Waals surface area contributed by atoms with Crippen molar-refractivity contribution in [3.8, 4) is 33.4 Å². The number of carbonyl (C=O) groups excluding carboxylic acids is 1. The molecule has 2 aliphatic rings. The standard InChI is InChI=1S/C88H139Br2NO46/c1-86(2,3)137-85(92)91-22-8-7-19-87(4)81-69-73(11-15-77(81)78-17-13-75(89)71-82(78)87)74-12-16-79-80-18-14-76(90)72-84(80)88(83(79)70-74,20-9-23-95-27-31-99-103-35-39-107-111-43-47-115-119-51-55-123-127-59-63-131-135-67-65-133-129-61-57-125-121-53-49-117-113-45-41-109-105-37-33-101-97-29-25-93-5)21-10-24-96-28-32-100-104-36-40-108-112-44-48-116-120-52-56-124-128-60-64-132-136-68-66-134-130-62-58-126-122-54-50-118-114-46-42-110-106-38-34-102-98-30-26-94-6/h11-18,69-72H,7-10,19-68H2,1-6H3,(H,91,92). The van der Waals surface area contributed by atoms with Gasteiger partial charge in [-0.1, -0.05) is 81.6 Å². The molecule has 6 rings (SSSR count). The molecule has 0 bridgehead atoms. The summed E-state index contributed by atoms with van der Waals surface area (Å²) >= 11 is 7.64. The summed E-state index contributed by atoms with van der Waals surface area (Å²) in [5.74, 6) is 0. The van der Waals surface area contributed by atoms with Gasteiger partial charge in [0.05, 0.1) is 26.4 Å². The zero-order valence-electron chi connectivity index (χ0n) is 79.1. The van der Waals surface area contributed by atoms with E-state index in [4.69, 9.17) is 219 Å². The Morgan fingerprint density at radius 1 is 0.255 bits per heavy atom. The second kappa shape index (κ2) is 82.6. The molecule has 0 fully saturated rings. The topological polar surface area (TPSA) is 444 Å². The molecule has 49 heteroatoms. The third kappa shape index (κ3) is 57.6. The molecule has 0 saturated carbocycles. The van der Waals surface area contributed by atoms with Gasteiger partial charge in [0.1, 0.15) is 270 Å². The minimum absolute atomic E-state index is 0.0821. The zero-order valence-corrected chi connectivity index (χ0v) is 82.3. The first kappa shape index (κ1) is 121. The van der Waals surface area contributed by atoms with E-state index in [1.165, 1.54) is 44.5 Å². The smallest absolute Gasteiger partial charge is 0.407 e. The molecular formula is C88H139Br2NO46. The SMILES string of the molecule is COCCOOCCOOCCOOCCOOCCOOCCOOCCOOCCOOCCOOCCOOCCOCCCC1(CCCOCCOOCCOOCCOOCCOOCCOOCCOOCCOOCCOOCCOOCCOOCCOC)c2cc(Br)ccc2-c2ccc(-c3ccc4c(c3)C(C)(CCCCNC(=O)OC(C)(C)C)c3cc(Br)ccc3-4)cc21. The highest BCUT2D eigenvalue weighted by Crippen LogP contribution is 2.57. The molecule has 1 unspecified atom stereocenters. The highest BCUT2D eigenvalue weighted by molar-refractivity contribution is 9.10. The molecule has 47 nitrogen and oxygen atoms in total. The van der Waals surface area contributed by atoms with Crippen molar-refractivity contribution in [2.45, 2.75) is 89.1 Å². The van der Waals surface area contributed by atoms with Gasteiger partial charge in [0.2, 0.25) is 0 Å². The van der Waals surface area contributed by atoms with Gasteiger partial charge in [-0.05, 0) is 151 Å². The van der Waals surface area contributed by atoms with Gasteiger partial charge in [-0.2, -0.15) is 0 Å². The van der Waals surface area contributed by atoms with E-state index >= 15 is 0 Å². The minimum Gasteiger partial charge on any atom is -0.444 e. The van der Waals surface area contributed by atoms with Gasteiger partial charge in [0.15, 0.2) is 0 Å². The van der Waals surface area contributed by atoms with Crippen molar-refractivity contribution < 1.29 is 224 Å². The molecule has 2 aliphatic carbocycles. The molecule has 786 valence electrons. The van der Waals surface area contributed by atoms with Gasteiger partial charge in [-0.3, -0.25) is 0 Å². The molecule has 0 aliphatic heterocycles. The van der Waals surface area contributed by atoms with E-state index < -0.39 is 17.1 Å². The first-order chi connectivity index (χ1) is 67.4. The fraction of sp³-hybridized carbons (Fsp3) is 0.716. The normalized spacial score (nSPS) is 13.8. The van der Waals surface area contributed by atoms with E-state index in [2.05, 4.69) is 117 Å². The van der Waals surface area contributed by atoms with Crippen LogP contribution in [0, 0.1) is 0 Å². The number of fused-ring (bicyclic) bond motifs is 6. The largest absolute Gasteiger partial charge is 0.444 e. The summed E-state index contributed by atoms with van der Waals surface area (Å²) in [6.45, 7) is 15.8. The summed E-state index contributed by atoms with van der Waals surface area (Å²) < 4.78 is 29.5. The summed E-state index contributed by atoms with van der Waals surface area (Å²) in [6, 6.07) is 27.0. The highest BCUT2D eigenvalue weighted by Gasteiger charge is 2.44. The molecule has 4 aromatic rings. The number of hydrogen-bond donors (Lipinski definition) is 1. The molecular weight excluding hydrogens is 1970 g/mol. The van der Waals surface area contributed by atoms with E-state index in [-0.39, 0.29) is 256 Å². The van der Waals surface area contributed by atoms with Gasteiger partial charge < -0.3 is 29.0 Å². The van der Waals surface area contributed by atoms with Crippen LogP contribution in [0.3, 0.4) is 0 Å². The number of hydrogen-bond acceptors (Lipinski definition) is 46. The predicted octanol–water partition coefficient (Wildman–Crippen LogP) is 11.0. The van der Waals surface area contributed by atoms with Crippen LogP contribution in [0.15, 0.2) is 81.7 Å². The van der Waals surface area contributed by atoms with Gasteiger partial charge in [0.25, 0.3) is 0 Å². The Hall–Kier alpha value is -4.65. The van der Waals surface area contributed by atoms with Crippen LogP contribution in [0.1, 0.15) is 94.9 Å². The maximum absolute atomic E-state index is 12.5.